The number of anilines is 1. The zero-order chi connectivity index (χ0) is 11.1. The van der Waals surface area contributed by atoms with E-state index in [0.29, 0.717) is 0 Å². The van der Waals surface area contributed by atoms with E-state index in [9.17, 15) is 0 Å². The Morgan fingerprint density at radius 1 is 1.47 bits per heavy atom. The minimum absolute atomic E-state index is 0.795. The molecule has 0 fully saturated rings. The van der Waals surface area contributed by atoms with Gasteiger partial charge in [-0.05, 0) is 18.1 Å². The highest BCUT2D eigenvalue weighted by Crippen LogP contribution is 2.11. The van der Waals surface area contributed by atoms with Crippen LogP contribution in [0.2, 0.25) is 0 Å². The molecule has 4 heteroatoms. The highest BCUT2D eigenvalue weighted by atomic mass is 79.9. The minimum atomic E-state index is 0.795. The van der Waals surface area contributed by atoms with E-state index in [1.165, 1.54) is 5.56 Å². The van der Waals surface area contributed by atoms with Crippen molar-refractivity contribution < 1.29 is 4.74 Å². The highest BCUT2D eigenvalue weighted by Gasteiger charge is 2.01. The summed E-state index contributed by atoms with van der Waals surface area (Å²) >= 11 is 3.40. The van der Waals surface area contributed by atoms with Gasteiger partial charge in [-0.2, -0.15) is 0 Å². The predicted molar refractivity (Wildman–Crippen MR) is 66.6 cm³/mol. The van der Waals surface area contributed by atoms with Crippen LogP contribution in [0.4, 0.5) is 5.82 Å². The molecule has 1 aromatic heterocycles. The first-order valence-corrected chi connectivity index (χ1v) is 6.11. The first-order valence-electron chi connectivity index (χ1n) is 4.99. The standard InChI is InChI=1S/C11H17BrN2O/c1-14(6-3-7-15-2)11-5-4-10(8-12)9-13-11/h4-5,9H,3,6-8H2,1-2H3. The summed E-state index contributed by atoms with van der Waals surface area (Å²) in [4.78, 5) is 6.52. The summed E-state index contributed by atoms with van der Waals surface area (Å²) in [7, 11) is 3.77. The van der Waals surface area contributed by atoms with Crippen molar-refractivity contribution in [3.05, 3.63) is 23.9 Å². The Bertz CT molecular complexity index is 276. The molecule has 0 aliphatic heterocycles. The van der Waals surface area contributed by atoms with Gasteiger partial charge in [-0.3, -0.25) is 0 Å². The van der Waals surface area contributed by atoms with E-state index in [1.807, 2.05) is 19.3 Å². The molecule has 1 rings (SSSR count). The molecule has 3 nitrogen and oxygen atoms in total. The quantitative estimate of drug-likeness (QED) is 0.588. The molecule has 0 saturated heterocycles. The van der Waals surface area contributed by atoms with E-state index in [4.69, 9.17) is 4.74 Å². The fraction of sp³-hybridized carbons (Fsp3) is 0.545. The fourth-order valence-electron chi connectivity index (χ4n) is 1.28. The van der Waals surface area contributed by atoms with Crippen molar-refractivity contribution in [2.45, 2.75) is 11.8 Å². The zero-order valence-corrected chi connectivity index (χ0v) is 10.8. The smallest absolute Gasteiger partial charge is 0.128 e. The number of nitrogens with zero attached hydrogens (tertiary/aromatic N) is 2. The third-order valence-corrected chi connectivity index (χ3v) is 2.84. The molecule has 0 atom stereocenters. The van der Waals surface area contributed by atoms with Crippen molar-refractivity contribution in [2.24, 2.45) is 0 Å². The summed E-state index contributed by atoms with van der Waals surface area (Å²) in [6.45, 7) is 1.76. The number of pyridine rings is 1. The van der Waals surface area contributed by atoms with Crippen molar-refractivity contribution in [3.8, 4) is 0 Å². The number of halogens is 1. The van der Waals surface area contributed by atoms with Crippen LogP contribution in [-0.4, -0.2) is 32.3 Å². The topological polar surface area (TPSA) is 25.4 Å². The predicted octanol–water partition coefficient (Wildman–Crippen LogP) is 2.45. The van der Waals surface area contributed by atoms with Crippen LogP contribution in [0, 0.1) is 0 Å². The van der Waals surface area contributed by atoms with E-state index in [0.717, 1.165) is 30.7 Å². The van der Waals surface area contributed by atoms with E-state index in [-0.39, 0.29) is 0 Å². The summed E-state index contributed by atoms with van der Waals surface area (Å²) in [5.74, 6) is 1.01. The van der Waals surface area contributed by atoms with E-state index in [1.54, 1.807) is 7.11 Å². The summed E-state index contributed by atoms with van der Waals surface area (Å²) in [6, 6.07) is 4.13. The molecule has 1 aromatic rings. The van der Waals surface area contributed by atoms with Gasteiger partial charge in [0, 0.05) is 38.8 Å². The van der Waals surface area contributed by atoms with E-state index in [2.05, 4.69) is 31.9 Å². The van der Waals surface area contributed by atoms with Gasteiger partial charge >= 0.3 is 0 Å². The zero-order valence-electron chi connectivity index (χ0n) is 9.24. The molecule has 0 N–H and O–H groups in total. The fourth-order valence-corrected chi connectivity index (χ4v) is 1.61. The van der Waals surface area contributed by atoms with Crippen LogP contribution in [0.5, 0.6) is 0 Å². The van der Waals surface area contributed by atoms with Crippen molar-refractivity contribution in [1.29, 1.82) is 0 Å². The molecule has 84 valence electrons. The molecule has 0 bridgehead atoms. The summed E-state index contributed by atoms with van der Waals surface area (Å²) in [5.41, 5.74) is 1.20. The maximum Gasteiger partial charge on any atom is 0.128 e. The molecule has 0 saturated carbocycles. The van der Waals surface area contributed by atoms with Crippen molar-refractivity contribution in [1.82, 2.24) is 4.98 Å². The Labute approximate surface area is 99.6 Å². The van der Waals surface area contributed by atoms with Crippen LogP contribution in [0.1, 0.15) is 12.0 Å². The van der Waals surface area contributed by atoms with Crippen LogP contribution in [0.3, 0.4) is 0 Å². The largest absolute Gasteiger partial charge is 0.385 e. The van der Waals surface area contributed by atoms with Crippen molar-refractivity contribution in [3.63, 3.8) is 0 Å². The van der Waals surface area contributed by atoms with Gasteiger partial charge in [0.2, 0.25) is 0 Å². The number of hydrogen-bond donors (Lipinski definition) is 0. The van der Waals surface area contributed by atoms with Gasteiger partial charge in [-0.15, -0.1) is 0 Å². The lowest BCUT2D eigenvalue weighted by molar-refractivity contribution is 0.196. The van der Waals surface area contributed by atoms with Crippen LogP contribution < -0.4 is 4.90 Å². The van der Waals surface area contributed by atoms with Crippen LogP contribution in [0.25, 0.3) is 0 Å². The molecule has 0 amide bonds. The Morgan fingerprint density at radius 3 is 2.80 bits per heavy atom. The van der Waals surface area contributed by atoms with E-state index < -0.39 is 0 Å². The van der Waals surface area contributed by atoms with Crippen LogP contribution in [0.15, 0.2) is 18.3 Å². The molecular weight excluding hydrogens is 256 g/mol. The first-order chi connectivity index (χ1) is 7.27. The van der Waals surface area contributed by atoms with Crippen molar-refractivity contribution >= 4 is 21.7 Å². The Kier molecular flexibility index (Phi) is 5.65. The van der Waals surface area contributed by atoms with Gasteiger partial charge in [0.25, 0.3) is 0 Å². The number of rotatable bonds is 6. The number of aromatic nitrogens is 1. The number of hydrogen-bond acceptors (Lipinski definition) is 3. The molecule has 0 aliphatic carbocycles. The van der Waals surface area contributed by atoms with Gasteiger partial charge in [-0.25, -0.2) is 4.98 Å². The molecule has 15 heavy (non-hydrogen) atoms. The molecule has 1 heterocycles. The average molecular weight is 273 g/mol. The maximum atomic E-state index is 5.01. The second-order valence-corrected chi connectivity index (χ2v) is 3.99. The van der Waals surface area contributed by atoms with Gasteiger partial charge in [0.1, 0.15) is 5.82 Å². The van der Waals surface area contributed by atoms with Gasteiger partial charge in [0.05, 0.1) is 0 Å². The summed E-state index contributed by atoms with van der Waals surface area (Å²) in [5, 5.41) is 0.855. The molecule has 0 radical (unpaired) electrons. The normalized spacial score (nSPS) is 10.3. The minimum Gasteiger partial charge on any atom is -0.385 e. The summed E-state index contributed by atoms with van der Waals surface area (Å²) in [6.07, 6.45) is 2.92. The van der Waals surface area contributed by atoms with Gasteiger partial charge < -0.3 is 9.64 Å². The van der Waals surface area contributed by atoms with Crippen LogP contribution >= 0.6 is 15.9 Å². The second kappa shape index (κ2) is 6.80. The lowest BCUT2D eigenvalue weighted by Crippen LogP contribution is -2.20. The number of methoxy groups -OCH3 is 1. The third kappa shape index (κ3) is 4.18. The average Bonchev–Trinajstić information content (AvgIpc) is 2.29. The molecule has 0 aliphatic rings. The van der Waals surface area contributed by atoms with Gasteiger partial charge in [-0.1, -0.05) is 22.0 Å². The first kappa shape index (κ1) is 12.5. The van der Waals surface area contributed by atoms with E-state index >= 15 is 0 Å². The Morgan fingerprint density at radius 2 is 2.27 bits per heavy atom. The maximum absolute atomic E-state index is 5.01. The van der Waals surface area contributed by atoms with Crippen LogP contribution in [-0.2, 0) is 10.1 Å². The van der Waals surface area contributed by atoms with Crippen molar-refractivity contribution in [2.75, 3.05) is 32.2 Å². The number of alkyl halides is 1. The monoisotopic (exact) mass is 272 g/mol. The lowest BCUT2D eigenvalue weighted by Gasteiger charge is -2.17. The summed E-state index contributed by atoms with van der Waals surface area (Å²) < 4.78 is 5.01. The molecule has 0 spiro atoms. The Balaban J connectivity index is 2.46. The second-order valence-electron chi connectivity index (χ2n) is 3.43. The highest BCUT2D eigenvalue weighted by molar-refractivity contribution is 9.08. The SMILES string of the molecule is COCCCN(C)c1ccc(CBr)cn1. The third-order valence-electron chi connectivity index (χ3n) is 2.20. The lowest BCUT2D eigenvalue weighted by atomic mass is 10.3. The Hall–Kier alpha value is -0.610. The molecule has 0 aromatic carbocycles. The molecule has 0 unspecified atom stereocenters. The van der Waals surface area contributed by atoms with Gasteiger partial charge in [0.15, 0.2) is 0 Å². The number of ether oxygens (including phenoxy) is 1. The molecular formula is C11H17BrN2O.